The average Bonchev–Trinajstić information content (AvgIpc) is 3.21. The minimum atomic E-state index is 0.162. The molecule has 0 aromatic carbocycles. The van der Waals surface area contributed by atoms with Crippen LogP contribution in [-0.4, -0.2) is 39.4 Å². The van der Waals surface area contributed by atoms with Crippen LogP contribution in [0.25, 0.3) is 0 Å². The summed E-state index contributed by atoms with van der Waals surface area (Å²) in [5.74, 6) is 2.16. The fourth-order valence-corrected chi connectivity index (χ4v) is 3.94. The third-order valence-electron chi connectivity index (χ3n) is 4.32. The quantitative estimate of drug-likeness (QED) is 0.872. The maximum Gasteiger partial charge on any atom is 0.162 e. The second kappa shape index (κ2) is 5.87. The second-order valence-electron chi connectivity index (χ2n) is 5.73. The molecule has 2 aromatic rings. The van der Waals surface area contributed by atoms with E-state index in [-0.39, 0.29) is 6.10 Å². The first-order valence-corrected chi connectivity index (χ1v) is 8.56. The third kappa shape index (κ3) is 2.75. The lowest BCUT2D eigenvalue weighted by Crippen LogP contribution is -2.26. The van der Waals surface area contributed by atoms with Crippen LogP contribution in [-0.2, 0) is 24.2 Å². The highest BCUT2D eigenvalue weighted by Gasteiger charge is 2.26. The lowest BCUT2D eigenvalue weighted by Gasteiger charge is -2.18. The molecule has 1 saturated heterocycles. The van der Waals surface area contributed by atoms with E-state index in [0.29, 0.717) is 0 Å². The van der Waals surface area contributed by atoms with Crippen LogP contribution < -0.4 is 0 Å². The van der Waals surface area contributed by atoms with Gasteiger partial charge in [-0.15, -0.1) is 21.5 Å². The van der Waals surface area contributed by atoms with E-state index in [4.69, 9.17) is 4.74 Å². The van der Waals surface area contributed by atoms with Crippen molar-refractivity contribution >= 4 is 11.3 Å². The molecule has 6 heteroatoms. The zero-order valence-electron chi connectivity index (χ0n) is 12.1. The van der Waals surface area contributed by atoms with Gasteiger partial charge in [-0.25, -0.2) is 0 Å². The summed E-state index contributed by atoms with van der Waals surface area (Å²) < 4.78 is 8.08. The molecule has 2 aromatic heterocycles. The fraction of sp³-hybridized carbons (Fsp3) is 0.600. The van der Waals surface area contributed by atoms with Crippen LogP contribution in [0.15, 0.2) is 17.5 Å². The van der Waals surface area contributed by atoms with Gasteiger partial charge < -0.3 is 9.30 Å². The van der Waals surface area contributed by atoms with E-state index in [1.807, 2.05) is 11.3 Å². The molecule has 4 rings (SSSR count). The minimum Gasteiger partial charge on any atom is -0.370 e. The van der Waals surface area contributed by atoms with E-state index in [1.165, 1.54) is 4.88 Å². The van der Waals surface area contributed by atoms with Gasteiger partial charge in [0.25, 0.3) is 0 Å². The Kier molecular flexibility index (Phi) is 3.75. The van der Waals surface area contributed by atoms with Crippen LogP contribution in [0.3, 0.4) is 0 Å². The molecular formula is C15H20N4OS. The number of thiophene rings is 1. The van der Waals surface area contributed by atoms with Crippen LogP contribution in [0.5, 0.6) is 0 Å². The van der Waals surface area contributed by atoms with Gasteiger partial charge in [0.2, 0.25) is 0 Å². The highest BCUT2D eigenvalue weighted by atomic mass is 32.1. The summed E-state index contributed by atoms with van der Waals surface area (Å²) in [6.07, 6.45) is 3.36. The summed E-state index contributed by atoms with van der Waals surface area (Å²) >= 11 is 1.84. The van der Waals surface area contributed by atoms with Gasteiger partial charge in [0.1, 0.15) is 11.9 Å². The van der Waals surface area contributed by atoms with Gasteiger partial charge in [-0.05, 0) is 24.3 Å². The van der Waals surface area contributed by atoms with Gasteiger partial charge >= 0.3 is 0 Å². The second-order valence-corrected chi connectivity index (χ2v) is 6.77. The molecule has 2 aliphatic rings. The maximum atomic E-state index is 5.78. The average molecular weight is 304 g/mol. The Morgan fingerprint density at radius 2 is 2.29 bits per heavy atom. The van der Waals surface area contributed by atoms with Crippen LogP contribution in [0, 0.1) is 0 Å². The van der Waals surface area contributed by atoms with Crippen molar-refractivity contribution in [3.8, 4) is 0 Å². The molecule has 2 aliphatic heterocycles. The molecule has 4 heterocycles. The zero-order chi connectivity index (χ0) is 14.1. The first-order valence-electron chi connectivity index (χ1n) is 7.68. The number of rotatable bonds is 3. The largest absolute Gasteiger partial charge is 0.370 e. The molecule has 0 aliphatic carbocycles. The molecule has 0 radical (unpaired) electrons. The number of aromatic nitrogens is 3. The summed E-state index contributed by atoms with van der Waals surface area (Å²) in [6.45, 7) is 5.00. The maximum absolute atomic E-state index is 5.78. The van der Waals surface area contributed by atoms with Crippen molar-refractivity contribution in [2.24, 2.45) is 0 Å². The molecule has 0 amide bonds. The molecule has 0 spiro atoms. The van der Waals surface area contributed by atoms with Crippen molar-refractivity contribution in [2.75, 3.05) is 19.7 Å². The molecule has 112 valence electrons. The fourth-order valence-electron chi connectivity index (χ4n) is 3.19. The van der Waals surface area contributed by atoms with Gasteiger partial charge in [-0.1, -0.05) is 6.07 Å². The number of fused-ring (bicyclic) bond motifs is 1. The Labute approximate surface area is 128 Å². The topological polar surface area (TPSA) is 43.2 Å². The van der Waals surface area contributed by atoms with Crippen molar-refractivity contribution in [3.63, 3.8) is 0 Å². The lowest BCUT2D eigenvalue weighted by molar-refractivity contribution is 0.101. The summed E-state index contributed by atoms with van der Waals surface area (Å²) in [5.41, 5.74) is 0. The Morgan fingerprint density at radius 3 is 3.10 bits per heavy atom. The summed E-state index contributed by atoms with van der Waals surface area (Å²) in [7, 11) is 0. The highest BCUT2D eigenvalue weighted by molar-refractivity contribution is 7.09. The molecule has 1 fully saturated rings. The minimum absolute atomic E-state index is 0.162. The predicted molar refractivity (Wildman–Crippen MR) is 81.2 cm³/mol. The molecule has 0 saturated carbocycles. The third-order valence-corrected chi connectivity index (χ3v) is 5.19. The van der Waals surface area contributed by atoms with Gasteiger partial charge in [-0.3, -0.25) is 4.90 Å². The molecule has 5 nitrogen and oxygen atoms in total. The first-order chi connectivity index (χ1) is 10.4. The van der Waals surface area contributed by atoms with Crippen LogP contribution >= 0.6 is 11.3 Å². The zero-order valence-corrected chi connectivity index (χ0v) is 12.9. The molecule has 21 heavy (non-hydrogen) atoms. The van der Waals surface area contributed by atoms with Crippen molar-refractivity contribution in [3.05, 3.63) is 34.0 Å². The normalized spacial score (nSPS) is 23.1. The van der Waals surface area contributed by atoms with Crippen LogP contribution in [0.4, 0.5) is 0 Å². The lowest BCUT2D eigenvalue weighted by atomic mass is 10.2. The number of nitrogens with zero attached hydrogens (tertiary/aromatic N) is 4. The molecular weight excluding hydrogens is 284 g/mol. The van der Waals surface area contributed by atoms with Crippen molar-refractivity contribution in [1.82, 2.24) is 19.7 Å². The Balaban J connectivity index is 1.47. The number of ether oxygens (including phenoxy) is 1. The first kappa shape index (κ1) is 13.4. The Hall–Kier alpha value is -1.24. The SMILES string of the molecule is c1csc(CN2CCc3nnc(C4CCCO4)n3CC2)c1. The summed E-state index contributed by atoms with van der Waals surface area (Å²) in [4.78, 5) is 3.95. The standard InChI is InChI=1S/C15H20N4OS/c1-4-13(20-9-1)15-17-16-14-5-6-18(7-8-19(14)15)11-12-3-2-10-21-12/h2-3,10,13H,1,4-9,11H2. The number of hydrogen-bond donors (Lipinski definition) is 0. The van der Waals surface area contributed by atoms with E-state index in [0.717, 1.165) is 63.7 Å². The van der Waals surface area contributed by atoms with Crippen LogP contribution in [0.1, 0.15) is 35.5 Å². The summed E-state index contributed by atoms with van der Waals surface area (Å²) in [5, 5.41) is 10.9. The van der Waals surface area contributed by atoms with E-state index in [1.54, 1.807) is 0 Å². The Bertz CT molecular complexity index is 589. The van der Waals surface area contributed by atoms with Crippen LogP contribution in [0.2, 0.25) is 0 Å². The monoisotopic (exact) mass is 304 g/mol. The van der Waals surface area contributed by atoms with Crippen molar-refractivity contribution in [1.29, 1.82) is 0 Å². The smallest absolute Gasteiger partial charge is 0.162 e. The molecule has 1 unspecified atom stereocenters. The van der Waals surface area contributed by atoms with Crippen molar-refractivity contribution in [2.45, 2.75) is 38.5 Å². The molecule has 0 bridgehead atoms. The van der Waals surface area contributed by atoms with E-state index < -0.39 is 0 Å². The Morgan fingerprint density at radius 1 is 1.29 bits per heavy atom. The summed E-state index contributed by atoms with van der Waals surface area (Å²) in [6, 6.07) is 4.34. The van der Waals surface area contributed by atoms with Gasteiger partial charge in [-0.2, -0.15) is 0 Å². The van der Waals surface area contributed by atoms with Gasteiger partial charge in [0.05, 0.1) is 0 Å². The van der Waals surface area contributed by atoms with E-state index in [2.05, 4.69) is 37.2 Å². The highest BCUT2D eigenvalue weighted by Crippen LogP contribution is 2.28. The van der Waals surface area contributed by atoms with Gasteiger partial charge in [0, 0.05) is 44.1 Å². The molecule has 0 N–H and O–H groups in total. The van der Waals surface area contributed by atoms with Crippen molar-refractivity contribution < 1.29 is 4.74 Å². The van der Waals surface area contributed by atoms with Gasteiger partial charge in [0.15, 0.2) is 5.82 Å². The van der Waals surface area contributed by atoms with E-state index >= 15 is 0 Å². The number of hydrogen-bond acceptors (Lipinski definition) is 5. The molecule has 1 atom stereocenters. The van der Waals surface area contributed by atoms with E-state index in [9.17, 15) is 0 Å². The predicted octanol–water partition coefficient (Wildman–Crippen LogP) is 2.25.